The summed E-state index contributed by atoms with van der Waals surface area (Å²) in [6.45, 7) is 4.80. The van der Waals surface area contributed by atoms with E-state index in [1.54, 1.807) is 0 Å². The molecule has 0 spiro atoms. The van der Waals surface area contributed by atoms with Crippen molar-refractivity contribution in [1.82, 2.24) is 4.98 Å². The van der Waals surface area contributed by atoms with Gasteiger partial charge >= 0.3 is 0 Å². The first-order chi connectivity index (χ1) is 9.52. The molecule has 0 atom stereocenters. The number of nitrogens with one attached hydrogen (secondary N) is 1. The third-order valence-electron chi connectivity index (χ3n) is 3.27. The molecule has 0 saturated heterocycles. The van der Waals surface area contributed by atoms with Crippen LogP contribution in [0.3, 0.4) is 0 Å². The molecule has 0 radical (unpaired) electrons. The zero-order chi connectivity index (χ0) is 14.6. The maximum absolute atomic E-state index is 8.99. The average Bonchev–Trinajstić information content (AvgIpc) is 2.43. The number of pyridine rings is 1. The Balaban J connectivity index is 2.02. The summed E-state index contributed by atoms with van der Waals surface area (Å²) in [7, 11) is 0. The minimum atomic E-state index is -0.246. The van der Waals surface area contributed by atoms with Crippen molar-refractivity contribution in [1.29, 1.82) is 5.26 Å². The normalized spacial score (nSPS) is 11.3. The lowest BCUT2D eigenvalue weighted by Gasteiger charge is -2.15. The average molecular weight is 332 g/mol. The van der Waals surface area contributed by atoms with Crippen LogP contribution >= 0.6 is 15.9 Å². The third kappa shape index (κ3) is 3.71. The molecule has 0 amide bonds. The molecular weight excluding hydrogens is 314 g/mol. The van der Waals surface area contributed by atoms with Gasteiger partial charge in [-0.2, -0.15) is 5.26 Å². The van der Waals surface area contributed by atoms with Gasteiger partial charge in [-0.1, -0.05) is 12.1 Å². The first kappa shape index (κ1) is 14.8. The second-order valence-corrected chi connectivity index (χ2v) is 6.47. The number of rotatable bonds is 5. The number of anilines is 1. The Morgan fingerprint density at radius 1 is 1.40 bits per heavy atom. The number of aromatic nitrogens is 1. The van der Waals surface area contributed by atoms with Gasteiger partial charge in [0.1, 0.15) is 0 Å². The number of hydrogen-bond donors (Lipinski definition) is 1. The van der Waals surface area contributed by atoms with Gasteiger partial charge in [-0.25, -0.2) is 0 Å². The zero-order valence-electron chi connectivity index (χ0n) is 11.8. The smallest absolute Gasteiger partial charge is 0.0934 e. The van der Waals surface area contributed by atoms with E-state index in [-0.39, 0.29) is 5.41 Å². The molecule has 1 aromatic carbocycles. The van der Waals surface area contributed by atoms with Crippen LogP contribution in [0.2, 0.25) is 0 Å². The van der Waals surface area contributed by atoms with Gasteiger partial charge in [-0.05, 0) is 54.8 Å². The number of nitrogens with zero attached hydrogens (tertiary/aromatic N) is 2. The fourth-order valence-electron chi connectivity index (χ4n) is 2.09. The Morgan fingerprint density at radius 2 is 2.20 bits per heavy atom. The highest BCUT2D eigenvalue weighted by atomic mass is 79.9. The second-order valence-electron chi connectivity index (χ2n) is 5.56. The SMILES string of the molecule is CC(C)(C#N)CCCNc1cccc2cc(Br)cnc12. The lowest BCUT2D eigenvalue weighted by atomic mass is 9.90. The van der Waals surface area contributed by atoms with Crippen LogP contribution in [0.25, 0.3) is 10.9 Å². The van der Waals surface area contributed by atoms with Gasteiger partial charge < -0.3 is 5.32 Å². The molecule has 0 aliphatic heterocycles. The summed E-state index contributed by atoms with van der Waals surface area (Å²) in [6, 6.07) is 10.5. The number of benzene rings is 1. The van der Waals surface area contributed by atoms with Crippen molar-refractivity contribution in [2.24, 2.45) is 5.41 Å². The van der Waals surface area contributed by atoms with E-state index in [4.69, 9.17) is 5.26 Å². The van der Waals surface area contributed by atoms with E-state index in [0.717, 1.165) is 40.4 Å². The molecule has 1 N–H and O–H groups in total. The lowest BCUT2D eigenvalue weighted by Crippen LogP contribution is -2.11. The van der Waals surface area contributed by atoms with Crippen LogP contribution in [0.4, 0.5) is 5.69 Å². The molecule has 2 rings (SSSR count). The highest BCUT2D eigenvalue weighted by molar-refractivity contribution is 9.10. The van der Waals surface area contributed by atoms with Gasteiger partial charge in [0.2, 0.25) is 0 Å². The molecule has 20 heavy (non-hydrogen) atoms. The van der Waals surface area contributed by atoms with Gasteiger partial charge in [0.05, 0.1) is 22.7 Å². The quantitative estimate of drug-likeness (QED) is 0.805. The standard InChI is InChI=1S/C16H18BrN3/c1-16(2,11-18)7-4-8-19-14-6-3-5-12-9-13(17)10-20-15(12)14/h3,5-6,9-10,19H,4,7-8H2,1-2H3. The van der Waals surface area contributed by atoms with Crippen molar-refractivity contribution in [3.8, 4) is 6.07 Å². The molecule has 1 heterocycles. The third-order valence-corrected chi connectivity index (χ3v) is 3.71. The molecule has 0 saturated carbocycles. The summed E-state index contributed by atoms with van der Waals surface area (Å²) in [6.07, 6.45) is 3.67. The van der Waals surface area contributed by atoms with E-state index in [2.05, 4.69) is 44.4 Å². The minimum absolute atomic E-state index is 0.246. The number of halogens is 1. The maximum atomic E-state index is 8.99. The van der Waals surface area contributed by atoms with E-state index in [1.807, 2.05) is 32.2 Å². The minimum Gasteiger partial charge on any atom is -0.383 e. The topological polar surface area (TPSA) is 48.7 Å². The Kier molecular flexibility index (Phi) is 4.61. The molecule has 0 bridgehead atoms. The molecule has 3 nitrogen and oxygen atoms in total. The van der Waals surface area contributed by atoms with Crippen LogP contribution in [0.15, 0.2) is 34.9 Å². The van der Waals surface area contributed by atoms with Crippen molar-refractivity contribution in [2.75, 3.05) is 11.9 Å². The summed E-state index contributed by atoms with van der Waals surface area (Å²) >= 11 is 3.44. The van der Waals surface area contributed by atoms with E-state index >= 15 is 0 Å². The number of fused-ring (bicyclic) bond motifs is 1. The fraction of sp³-hybridized carbons (Fsp3) is 0.375. The largest absolute Gasteiger partial charge is 0.383 e. The second kappa shape index (κ2) is 6.23. The Bertz CT molecular complexity index is 644. The Labute approximate surface area is 128 Å². The van der Waals surface area contributed by atoms with Crippen LogP contribution in [-0.2, 0) is 0 Å². The predicted octanol–water partition coefficient (Wildman–Crippen LogP) is 4.74. The summed E-state index contributed by atoms with van der Waals surface area (Å²) in [5, 5.41) is 13.5. The van der Waals surface area contributed by atoms with Crippen LogP contribution in [0, 0.1) is 16.7 Å². The number of nitriles is 1. The maximum Gasteiger partial charge on any atom is 0.0934 e. The zero-order valence-corrected chi connectivity index (χ0v) is 13.4. The summed E-state index contributed by atoms with van der Waals surface area (Å²) in [5.41, 5.74) is 1.78. The van der Waals surface area contributed by atoms with Gasteiger partial charge in [-0.15, -0.1) is 0 Å². The molecule has 2 aromatic rings. The van der Waals surface area contributed by atoms with Gasteiger partial charge in [-0.3, -0.25) is 4.98 Å². The van der Waals surface area contributed by atoms with Gasteiger partial charge in [0.25, 0.3) is 0 Å². The molecule has 0 aliphatic carbocycles. The summed E-state index contributed by atoms with van der Waals surface area (Å²) in [4.78, 5) is 4.46. The van der Waals surface area contributed by atoms with Crippen molar-refractivity contribution in [3.63, 3.8) is 0 Å². The van der Waals surface area contributed by atoms with Crippen molar-refractivity contribution in [2.45, 2.75) is 26.7 Å². The molecule has 0 fully saturated rings. The molecule has 0 aliphatic rings. The highest BCUT2D eigenvalue weighted by Crippen LogP contribution is 2.25. The Hall–Kier alpha value is -1.60. The first-order valence-electron chi connectivity index (χ1n) is 6.71. The fourth-order valence-corrected chi connectivity index (χ4v) is 2.43. The summed E-state index contributed by atoms with van der Waals surface area (Å²) in [5.74, 6) is 0. The molecule has 0 unspecified atom stereocenters. The van der Waals surface area contributed by atoms with Crippen molar-refractivity contribution >= 4 is 32.5 Å². The van der Waals surface area contributed by atoms with Crippen molar-refractivity contribution in [3.05, 3.63) is 34.9 Å². The highest BCUT2D eigenvalue weighted by Gasteiger charge is 2.15. The van der Waals surface area contributed by atoms with E-state index in [9.17, 15) is 0 Å². The van der Waals surface area contributed by atoms with Crippen LogP contribution in [-0.4, -0.2) is 11.5 Å². The lowest BCUT2D eigenvalue weighted by molar-refractivity contribution is 0.441. The molecule has 1 aromatic heterocycles. The van der Waals surface area contributed by atoms with E-state index in [0.29, 0.717) is 0 Å². The predicted molar refractivity (Wildman–Crippen MR) is 86.6 cm³/mol. The molecule has 104 valence electrons. The first-order valence-corrected chi connectivity index (χ1v) is 7.50. The van der Waals surface area contributed by atoms with Crippen LogP contribution in [0.1, 0.15) is 26.7 Å². The number of para-hydroxylation sites is 1. The van der Waals surface area contributed by atoms with E-state index in [1.165, 1.54) is 0 Å². The summed E-state index contributed by atoms with van der Waals surface area (Å²) < 4.78 is 0.984. The monoisotopic (exact) mass is 331 g/mol. The molecular formula is C16H18BrN3. The number of hydrogen-bond acceptors (Lipinski definition) is 3. The van der Waals surface area contributed by atoms with Crippen LogP contribution in [0.5, 0.6) is 0 Å². The van der Waals surface area contributed by atoms with Crippen LogP contribution < -0.4 is 5.32 Å². The Morgan fingerprint density at radius 3 is 2.95 bits per heavy atom. The van der Waals surface area contributed by atoms with Gasteiger partial charge in [0.15, 0.2) is 0 Å². The van der Waals surface area contributed by atoms with E-state index < -0.39 is 0 Å². The molecule has 4 heteroatoms. The van der Waals surface area contributed by atoms with Crippen molar-refractivity contribution < 1.29 is 0 Å². The van der Waals surface area contributed by atoms with Gasteiger partial charge in [0, 0.05) is 22.6 Å².